The first-order chi connectivity index (χ1) is 5.74. The topological polar surface area (TPSA) is 55.0 Å². The Hall–Kier alpha value is -1.58. The molecule has 0 spiro atoms. The van der Waals surface area contributed by atoms with E-state index in [9.17, 15) is 4.79 Å². The molecule has 0 unspecified atom stereocenters. The summed E-state index contributed by atoms with van der Waals surface area (Å²) in [4.78, 5) is 17.4. The Bertz CT molecular complexity index is 277. The van der Waals surface area contributed by atoms with Crippen LogP contribution in [-0.2, 0) is 4.79 Å². The highest BCUT2D eigenvalue weighted by atomic mass is 16.5. The lowest BCUT2D eigenvalue weighted by molar-refractivity contribution is -0.130. The minimum Gasteiger partial charge on any atom is -0.389 e. The SMILES string of the molecule is C=C(CC)C(=O)Oc1ncc[nH]1. The van der Waals surface area contributed by atoms with Gasteiger partial charge in [-0.3, -0.25) is 0 Å². The third kappa shape index (κ3) is 1.95. The van der Waals surface area contributed by atoms with E-state index in [4.69, 9.17) is 4.74 Å². The molecular formula is C8H10N2O2. The Labute approximate surface area is 70.3 Å². The zero-order valence-corrected chi connectivity index (χ0v) is 6.83. The van der Waals surface area contributed by atoms with Crippen LogP contribution in [0.4, 0.5) is 0 Å². The monoisotopic (exact) mass is 166 g/mol. The van der Waals surface area contributed by atoms with Crippen LogP contribution in [0.3, 0.4) is 0 Å². The summed E-state index contributed by atoms with van der Waals surface area (Å²) in [6.07, 6.45) is 3.67. The fourth-order valence-corrected chi connectivity index (χ4v) is 0.611. The number of aromatic amines is 1. The van der Waals surface area contributed by atoms with Crippen molar-refractivity contribution in [3.8, 4) is 6.01 Å². The molecule has 0 aromatic carbocycles. The predicted molar refractivity (Wildman–Crippen MR) is 43.7 cm³/mol. The molecule has 1 heterocycles. The number of aromatic nitrogens is 2. The number of rotatable bonds is 3. The van der Waals surface area contributed by atoms with Gasteiger partial charge in [-0.05, 0) is 6.42 Å². The maximum atomic E-state index is 11.1. The highest BCUT2D eigenvalue weighted by Gasteiger charge is 2.08. The number of nitrogens with zero attached hydrogens (tertiary/aromatic N) is 1. The van der Waals surface area contributed by atoms with Gasteiger partial charge in [0.2, 0.25) is 0 Å². The van der Waals surface area contributed by atoms with Crippen molar-refractivity contribution in [2.24, 2.45) is 0 Å². The average molecular weight is 166 g/mol. The lowest BCUT2D eigenvalue weighted by Crippen LogP contribution is -2.10. The van der Waals surface area contributed by atoms with E-state index in [1.807, 2.05) is 6.92 Å². The molecule has 0 aliphatic rings. The minimum absolute atomic E-state index is 0.203. The van der Waals surface area contributed by atoms with E-state index in [2.05, 4.69) is 16.5 Å². The van der Waals surface area contributed by atoms with Crippen LogP contribution in [0.15, 0.2) is 24.5 Å². The van der Waals surface area contributed by atoms with Gasteiger partial charge in [0.05, 0.1) is 0 Å². The summed E-state index contributed by atoms with van der Waals surface area (Å²) in [7, 11) is 0. The van der Waals surface area contributed by atoms with Crippen LogP contribution in [0.5, 0.6) is 6.01 Å². The minimum atomic E-state index is -0.438. The van der Waals surface area contributed by atoms with Crippen molar-refractivity contribution < 1.29 is 9.53 Å². The van der Waals surface area contributed by atoms with Crippen molar-refractivity contribution in [1.82, 2.24) is 9.97 Å². The van der Waals surface area contributed by atoms with E-state index in [0.29, 0.717) is 12.0 Å². The number of carbonyl (C=O) groups excluding carboxylic acids is 1. The number of imidazole rings is 1. The Morgan fingerprint density at radius 1 is 1.83 bits per heavy atom. The molecule has 1 rings (SSSR count). The fraction of sp³-hybridized carbons (Fsp3) is 0.250. The van der Waals surface area contributed by atoms with Crippen molar-refractivity contribution in [1.29, 1.82) is 0 Å². The molecule has 12 heavy (non-hydrogen) atoms. The summed E-state index contributed by atoms with van der Waals surface area (Å²) >= 11 is 0. The van der Waals surface area contributed by atoms with E-state index in [1.165, 1.54) is 6.20 Å². The highest BCUT2D eigenvalue weighted by Crippen LogP contribution is 2.04. The zero-order chi connectivity index (χ0) is 8.97. The molecule has 0 fully saturated rings. The average Bonchev–Trinajstić information content (AvgIpc) is 2.55. The molecule has 64 valence electrons. The molecule has 1 aromatic heterocycles. The van der Waals surface area contributed by atoms with Gasteiger partial charge in [0.15, 0.2) is 0 Å². The van der Waals surface area contributed by atoms with Gasteiger partial charge in [-0.1, -0.05) is 13.5 Å². The molecule has 0 amide bonds. The first-order valence-corrected chi connectivity index (χ1v) is 3.63. The maximum Gasteiger partial charge on any atom is 0.341 e. The number of carbonyl (C=O) groups is 1. The lowest BCUT2D eigenvalue weighted by Gasteiger charge is -1.99. The van der Waals surface area contributed by atoms with Crippen molar-refractivity contribution in [3.05, 3.63) is 24.5 Å². The van der Waals surface area contributed by atoms with E-state index in [0.717, 1.165) is 0 Å². The van der Waals surface area contributed by atoms with Crippen LogP contribution in [-0.4, -0.2) is 15.9 Å². The summed E-state index contributed by atoms with van der Waals surface area (Å²) in [6.45, 7) is 5.38. The smallest absolute Gasteiger partial charge is 0.341 e. The largest absolute Gasteiger partial charge is 0.389 e. The molecule has 4 nitrogen and oxygen atoms in total. The molecule has 1 aromatic rings. The normalized spacial score (nSPS) is 9.42. The van der Waals surface area contributed by atoms with Crippen LogP contribution >= 0.6 is 0 Å². The second-order valence-corrected chi connectivity index (χ2v) is 2.24. The molecule has 0 radical (unpaired) electrons. The predicted octanol–water partition coefficient (Wildman–Crippen LogP) is 1.28. The van der Waals surface area contributed by atoms with Crippen LogP contribution < -0.4 is 4.74 Å². The van der Waals surface area contributed by atoms with Gasteiger partial charge in [-0.2, -0.15) is 0 Å². The van der Waals surface area contributed by atoms with Crippen molar-refractivity contribution >= 4 is 5.97 Å². The number of hydrogen-bond acceptors (Lipinski definition) is 3. The molecular weight excluding hydrogens is 156 g/mol. The number of ether oxygens (including phenoxy) is 1. The Balaban J connectivity index is 2.53. The van der Waals surface area contributed by atoms with Crippen molar-refractivity contribution in [2.45, 2.75) is 13.3 Å². The van der Waals surface area contributed by atoms with Crippen LogP contribution in [0, 0.1) is 0 Å². The number of hydrogen-bond donors (Lipinski definition) is 1. The van der Waals surface area contributed by atoms with E-state index >= 15 is 0 Å². The van der Waals surface area contributed by atoms with Gasteiger partial charge in [-0.15, -0.1) is 0 Å². The summed E-state index contributed by atoms with van der Waals surface area (Å²) in [6, 6.07) is 0.203. The Kier molecular flexibility index (Phi) is 2.63. The van der Waals surface area contributed by atoms with Gasteiger partial charge < -0.3 is 9.72 Å². The van der Waals surface area contributed by atoms with Gasteiger partial charge in [0.1, 0.15) is 0 Å². The summed E-state index contributed by atoms with van der Waals surface area (Å²) < 4.78 is 4.80. The first-order valence-electron chi connectivity index (χ1n) is 3.63. The Morgan fingerprint density at radius 3 is 3.08 bits per heavy atom. The maximum absolute atomic E-state index is 11.1. The summed E-state index contributed by atoms with van der Waals surface area (Å²) in [5.74, 6) is -0.438. The van der Waals surface area contributed by atoms with Gasteiger partial charge >= 0.3 is 12.0 Å². The molecule has 0 saturated heterocycles. The van der Waals surface area contributed by atoms with Crippen LogP contribution in [0.2, 0.25) is 0 Å². The molecule has 0 saturated carbocycles. The van der Waals surface area contributed by atoms with Gasteiger partial charge in [0, 0.05) is 18.0 Å². The molecule has 0 aliphatic heterocycles. The van der Waals surface area contributed by atoms with E-state index in [-0.39, 0.29) is 6.01 Å². The number of H-pyrrole nitrogens is 1. The van der Waals surface area contributed by atoms with Crippen molar-refractivity contribution in [2.75, 3.05) is 0 Å². The number of nitrogens with one attached hydrogen (secondary N) is 1. The zero-order valence-electron chi connectivity index (χ0n) is 6.83. The quantitative estimate of drug-likeness (QED) is 0.543. The van der Waals surface area contributed by atoms with Crippen LogP contribution in [0.25, 0.3) is 0 Å². The highest BCUT2D eigenvalue weighted by molar-refractivity contribution is 5.88. The third-order valence-corrected chi connectivity index (χ3v) is 1.38. The van der Waals surface area contributed by atoms with Gasteiger partial charge in [-0.25, -0.2) is 9.78 Å². The molecule has 0 aliphatic carbocycles. The first kappa shape index (κ1) is 8.52. The molecule has 0 bridgehead atoms. The number of esters is 1. The second kappa shape index (κ2) is 3.71. The van der Waals surface area contributed by atoms with Crippen molar-refractivity contribution in [3.63, 3.8) is 0 Å². The van der Waals surface area contributed by atoms with Crippen LogP contribution in [0.1, 0.15) is 13.3 Å². The van der Waals surface area contributed by atoms with E-state index in [1.54, 1.807) is 6.20 Å². The summed E-state index contributed by atoms with van der Waals surface area (Å²) in [5.41, 5.74) is 0.436. The van der Waals surface area contributed by atoms with Gasteiger partial charge in [0.25, 0.3) is 0 Å². The molecule has 0 atom stereocenters. The lowest BCUT2D eigenvalue weighted by atomic mass is 10.2. The molecule has 1 N–H and O–H groups in total. The third-order valence-electron chi connectivity index (χ3n) is 1.38. The fourth-order valence-electron chi connectivity index (χ4n) is 0.611. The second-order valence-electron chi connectivity index (χ2n) is 2.24. The Morgan fingerprint density at radius 2 is 2.58 bits per heavy atom. The standard InChI is InChI=1S/C8H10N2O2/c1-3-6(2)7(11)12-8-9-4-5-10-8/h4-5H,2-3H2,1H3,(H,9,10). The molecule has 4 heteroatoms. The summed E-state index contributed by atoms with van der Waals surface area (Å²) in [5, 5.41) is 0. The van der Waals surface area contributed by atoms with E-state index < -0.39 is 5.97 Å².